The van der Waals surface area contributed by atoms with E-state index in [-0.39, 0.29) is 23.9 Å². The number of carbonyl (C=O) groups is 1. The summed E-state index contributed by atoms with van der Waals surface area (Å²) in [6.45, 7) is 4.36. The molecule has 5 rings (SSSR count). The molecule has 0 bridgehead atoms. The normalized spacial score (nSPS) is 20.9. The van der Waals surface area contributed by atoms with Crippen LogP contribution in [0, 0.1) is 5.41 Å². The number of carbonyl (C=O) groups excluding carboxylic acids is 1. The van der Waals surface area contributed by atoms with E-state index in [4.69, 9.17) is 23.7 Å². The van der Waals surface area contributed by atoms with Gasteiger partial charge in [-0.2, -0.15) is 0 Å². The maximum Gasteiger partial charge on any atom is 0.231 e. The molecule has 3 aliphatic rings. The fourth-order valence-electron chi connectivity index (χ4n) is 4.61. The van der Waals surface area contributed by atoms with E-state index in [1.807, 2.05) is 30.3 Å². The van der Waals surface area contributed by atoms with Crippen molar-refractivity contribution < 1.29 is 28.5 Å². The highest BCUT2D eigenvalue weighted by Gasteiger charge is 2.43. The van der Waals surface area contributed by atoms with Crippen LogP contribution in [0.25, 0.3) is 0 Å². The van der Waals surface area contributed by atoms with E-state index in [1.54, 1.807) is 14.2 Å². The third kappa shape index (κ3) is 2.90. The zero-order valence-corrected chi connectivity index (χ0v) is 17.5. The Labute approximate surface area is 175 Å². The van der Waals surface area contributed by atoms with Crippen molar-refractivity contribution in [2.45, 2.75) is 32.6 Å². The molecule has 0 radical (unpaired) electrons. The van der Waals surface area contributed by atoms with E-state index >= 15 is 0 Å². The largest absolute Gasteiger partial charge is 0.497 e. The predicted molar refractivity (Wildman–Crippen MR) is 110 cm³/mol. The summed E-state index contributed by atoms with van der Waals surface area (Å²) in [4.78, 5) is 13.3. The van der Waals surface area contributed by atoms with Crippen LogP contribution in [0.15, 0.2) is 41.7 Å². The van der Waals surface area contributed by atoms with Crippen molar-refractivity contribution in [1.29, 1.82) is 0 Å². The Balaban J connectivity index is 1.75. The van der Waals surface area contributed by atoms with Crippen molar-refractivity contribution in [1.82, 2.24) is 0 Å². The second-order valence-corrected chi connectivity index (χ2v) is 8.66. The summed E-state index contributed by atoms with van der Waals surface area (Å²) in [5, 5.41) is 0. The van der Waals surface area contributed by atoms with Crippen molar-refractivity contribution in [2.75, 3.05) is 21.0 Å². The SMILES string of the molecule is COc1ccc([C@H]2C3=C(CC(C)(C)CC3=O)Oc3cc4c(cc32)OCO4)c(OC)c1. The number of rotatable bonds is 3. The van der Waals surface area contributed by atoms with Crippen molar-refractivity contribution >= 4 is 5.78 Å². The molecule has 2 heterocycles. The molecule has 0 spiro atoms. The summed E-state index contributed by atoms with van der Waals surface area (Å²) >= 11 is 0. The number of hydrogen-bond acceptors (Lipinski definition) is 6. The predicted octanol–water partition coefficient (Wildman–Crippen LogP) is 4.60. The van der Waals surface area contributed by atoms with Gasteiger partial charge in [0.05, 0.1) is 14.2 Å². The second-order valence-electron chi connectivity index (χ2n) is 8.66. The summed E-state index contributed by atoms with van der Waals surface area (Å²) in [6, 6.07) is 9.46. The van der Waals surface area contributed by atoms with Crippen LogP contribution >= 0.6 is 0 Å². The summed E-state index contributed by atoms with van der Waals surface area (Å²) in [7, 11) is 3.24. The monoisotopic (exact) mass is 408 g/mol. The van der Waals surface area contributed by atoms with Gasteiger partial charge < -0.3 is 23.7 Å². The van der Waals surface area contributed by atoms with Crippen LogP contribution in [-0.2, 0) is 4.79 Å². The first kappa shape index (κ1) is 18.9. The molecular weight excluding hydrogens is 384 g/mol. The number of methoxy groups -OCH3 is 2. The third-order valence-corrected chi connectivity index (χ3v) is 5.97. The molecule has 0 amide bonds. The van der Waals surface area contributed by atoms with Gasteiger partial charge in [0.2, 0.25) is 6.79 Å². The highest BCUT2D eigenvalue weighted by atomic mass is 16.7. The molecule has 0 aromatic heterocycles. The number of allylic oxidation sites excluding steroid dienone is 2. The molecule has 0 fully saturated rings. The van der Waals surface area contributed by atoms with Crippen LogP contribution in [0.3, 0.4) is 0 Å². The molecule has 6 nitrogen and oxygen atoms in total. The van der Waals surface area contributed by atoms with Gasteiger partial charge >= 0.3 is 0 Å². The first-order valence-electron chi connectivity index (χ1n) is 10.00. The maximum atomic E-state index is 13.3. The van der Waals surface area contributed by atoms with E-state index < -0.39 is 0 Å². The standard InChI is InChI=1S/C24H24O6/c1-24(2)10-16(25)23-21(11-24)30-18-9-20-19(28-12-29-20)8-15(18)22(23)14-6-5-13(26-3)7-17(14)27-4/h5-9,22H,10-12H2,1-4H3/t22-/m1/s1. The number of hydrogen-bond donors (Lipinski definition) is 0. The molecule has 2 aliphatic heterocycles. The van der Waals surface area contributed by atoms with Crippen LogP contribution in [0.1, 0.15) is 43.7 Å². The Bertz CT molecular complexity index is 1080. The lowest BCUT2D eigenvalue weighted by Gasteiger charge is -2.38. The van der Waals surface area contributed by atoms with Crippen molar-refractivity contribution in [3.05, 3.63) is 52.8 Å². The van der Waals surface area contributed by atoms with E-state index in [1.165, 1.54) is 0 Å². The molecular formula is C24H24O6. The van der Waals surface area contributed by atoms with Gasteiger partial charge in [-0.3, -0.25) is 4.79 Å². The Morgan fingerprint density at radius 2 is 1.70 bits per heavy atom. The third-order valence-electron chi connectivity index (χ3n) is 5.97. The average Bonchev–Trinajstić information content (AvgIpc) is 3.16. The average molecular weight is 408 g/mol. The Morgan fingerprint density at radius 1 is 0.933 bits per heavy atom. The fourth-order valence-corrected chi connectivity index (χ4v) is 4.61. The zero-order chi connectivity index (χ0) is 21.0. The second kappa shape index (κ2) is 6.69. The molecule has 0 N–H and O–H groups in total. The van der Waals surface area contributed by atoms with E-state index in [9.17, 15) is 4.79 Å². The van der Waals surface area contributed by atoms with Gasteiger partial charge in [0, 0.05) is 47.6 Å². The number of Topliss-reactive ketones (excluding diaryl/α,β-unsaturated/α-hetero) is 1. The topological polar surface area (TPSA) is 63.2 Å². The lowest BCUT2D eigenvalue weighted by atomic mass is 9.70. The molecule has 156 valence electrons. The summed E-state index contributed by atoms with van der Waals surface area (Å²) < 4.78 is 28.5. The molecule has 0 saturated carbocycles. The first-order valence-corrected chi connectivity index (χ1v) is 10.00. The molecule has 30 heavy (non-hydrogen) atoms. The van der Waals surface area contributed by atoms with Gasteiger partial charge in [0.15, 0.2) is 17.3 Å². The molecule has 0 saturated heterocycles. The minimum atomic E-state index is -0.317. The molecule has 2 aromatic carbocycles. The molecule has 2 aromatic rings. The Morgan fingerprint density at radius 3 is 2.43 bits per heavy atom. The zero-order valence-electron chi connectivity index (χ0n) is 17.5. The van der Waals surface area contributed by atoms with Crippen molar-refractivity contribution in [2.24, 2.45) is 5.41 Å². The van der Waals surface area contributed by atoms with Crippen LogP contribution in [0.2, 0.25) is 0 Å². The molecule has 1 aliphatic carbocycles. The number of benzene rings is 2. The summed E-state index contributed by atoms with van der Waals surface area (Å²) in [5.74, 6) is 3.86. The number of ketones is 1. The van der Waals surface area contributed by atoms with E-state index in [0.29, 0.717) is 47.2 Å². The quantitative estimate of drug-likeness (QED) is 0.740. The first-order chi connectivity index (χ1) is 14.4. The van der Waals surface area contributed by atoms with Crippen molar-refractivity contribution in [3.8, 4) is 28.7 Å². The van der Waals surface area contributed by atoms with Crippen LogP contribution in [0.4, 0.5) is 0 Å². The number of ether oxygens (including phenoxy) is 5. The summed E-state index contributed by atoms with van der Waals surface area (Å²) in [5.41, 5.74) is 2.30. The van der Waals surface area contributed by atoms with Crippen LogP contribution in [-0.4, -0.2) is 26.8 Å². The molecule has 1 atom stereocenters. The van der Waals surface area contributed by atoms with Gasteiger partial charge in [0.25, 0.3) is 0 Å². The highest BCUT2D eigenvalue weighted by molar-refractivity contribution is 6.00. The minimum Gasteiger partial charge on any atom is -0.497 e. The number of fused-ring (bicyclic) bond motifs is 2. The van der Waals surface area contributed by atoms with E-state index in [0.717, 1.165) is 16.9 Å². The molecule has 6 heteroatoms. The lowest BCUT2D eigenvalue weighted by Crippen LogP contribution is -2.33. The minimum absolute atomic E-state index is 0.104. The van der Waals surface area contributed by atoms with Gasteiger partial charge in [-0.15, -0.1) is 0 Å². The fraction of sp³-hybridized carbons (Fsp3) is 0.375. The van der Waals surface area contributed by atoms with Crippen LogP contribution < -0.4 is 23.7 Å². The smallest absolute Gasteiger partial charge is 0.231 e. The summed E-state index contributed by atoms with van der Waals surface area (Å²) in [6.07, 6.45) is 1.17. The van der Waals surface area contributed by atoms with Gasteiger partial charge in [0.1, 0.15) is 23.0 Å². The highest BCUT2D eigenvalue weighted by Crippen LogP contribution is 2.54. The van der Waals surface area contributed by atoms with Crippen LogP contribution in [0.5, 0.6) is 28.7 Å². The Hall–Kier alpha value is -3.15. The Kier molecular flexibility index (Phi) is 4.20. The van der Waals surface area contributed by atoms with Gasteiger partial charge in [-0.05, 0) is 17.5 Å². The maximum absolute atomic E-state index is 13.3. The lowest BCUT2D eigenvalue weighted by molar-refractivity contribution is -0.118. The van der Waals surface area contributed by atoms with Gasteiger partial charge in [-0.1, -0.05) is 19.9 Å². The molecule has 0 unspecified atom stereocenters. The van der Waals surface area contributed by atoms with Crippen molar-refractivity contribution in [3.63, 3.8) is 0 Å². The van der Waals surface area contributed by atoms with Gasteiger partial charge in [-0.25, -0.2) is 0 Å². The van der Waals surface area contributed by atoms with E-state index in [2.05, 4.69) is 13.8 Å².